The maximum atomic E-state index is 13.1. The molecule has 0 aliphatic heterocycles. The zero-order valence-corrected chi connectivity index (χ0v) is 10.9. The summed E-state index contributed by atoms with van der Waals surface area (Å²) in [6.45, 7) is 1.46. The van der Waals surface area contributed by atoms with Crippen LogP contribution < -0.4 is 10.6 Å². The zero-order valence-electron chi connectivity index (χ0n) is 10.9. The minimum absolute atomic E-state index is 0.262. The van der Waals surface area contributed by atoms with Gasteiger partial charge in [-0.15, -0.1) is 0 Å². The molecule has 0 bridgehead atoms. The molecule has 0 saturated carbocycles. The standard InChI is InChI=1S/C14H17FN4/c1-19(7-3-6-16)14-17-9-12(10-18-14)11-4-2-5-13(15)8-11/h2,4-5,8-10H,3,6-7,16H2,1H3. The zero-order chi connectivity index (χ0) is 13.7. The average molecular weight is 260 g/mol. The number of aromatic nitrogens is 2. The highest BCUT2D eigenvalue weighted by Gasteiger charge is 2.05. The lowest BCUT2D eigenvalue weighted by Gasteiger charge is -2.16. The molecule has 2 rings (SSSR count). The van der Waals surface area contributed by atoms with Crippen LogP contribution in [-0.4, -0.2) is 30.1 Å². The van der Waals surface area contributed by atoms with Crippen LogP contribution in [0.3, 0.4) is 0 Å². The van der Waals surface area contributed by atoms with Gasteiger partial charge in [-0.25, -0.2) is 14.4 Å². The molecule has 0 saturated heterocycles. The van der Waals surface area contributed by atoms with E-state index in [4.69, 9.17) is 5.73 Å². The molecule has 1 aromatic heterocycles. The molecule has 1 heterocycles. The molecule has 4 nitrogen and oxygen atoms in total. The van der Waals surface area contributed by atoms with Crippen molar-refractivity contribution in [2.75, 3.05) is 25.0 Å². The van der Waals surface area contributed by atoms with Crippen LogP contribution in [0.15, 0.2) is 36.7 Å². The Hall–Kier alpha value is -2.01. The van der Waals surface area contributed by atoms with E-state index in [-0.39, 0.29) is 5.82 Å². The van der Waals surface area contributed by atoms with Crippen LogP contribution >= 0.6 is 0 Å². The first kappa shape index (κ1) is 13.4. The highest BCUT2D eigenvalue weighted by molar-refractivity contribution is 5.61. The number of halogens is 1. The summed E-state index contributed by atoms with van der Waals surface area (Å²) in [6.07, 6.45) is 4.30. The predicted molar refractivity (Wildman–Crippen MR) is 74.4 cm³/mol. The van der Waals surface area contributed by atoms with E-state index in [1.165, 1.54) is 12.1 Å². The molecule has 1 aromatic carbocycles. The molecule has 19 heavy (non-hydrogen) atoms. The molecule has 0 aliphatic carbocycles. The van der Waals surface area contributed by atoms with Crippen LogP contribution in [0, 0.1) is 5.82 Å². The van der Waals surface area contributed by atoms with E-state index in [0.717, 1.165) is 24.1 Å². The van der Waals surface area contributed by atoms with Crippen molar-refractivity contribution in [1.29, 1.82) is 0 Å². The largest absolute Gasteiger partial charge is 0.344 e. The topological polar surface area (TPSA) is 55.0 Å². The highest BCUT2D eigenvalue weighted by Crippen LogP contribution is 2.19. The Morgan fingerprint density at radius 2 is 1.95 bits per heavy atom. The second kappa shape index (κ2) is 6.24. The van der Waals surface area contributed by atoms with Gasteiger partial charge in [0.2, 0.25) is 5.95 Å². The Balaban J connectivity index is 2.14. The van der Waals surface area contributed by atoms with Crippen LogP contribution in [0.4, 0.5) is 10.3 Å². The number of hydrogen-bond donors (Lipinski definition) is 1. The molecule has 2 N–H and O–H groups in total. The molecule has 0 amide bonds. The lowest BCUT2D eigenvalue weighted by Crippen LogP contribution is -2.22. The summed E-state index contributed by atoms with van der Waals surface area (Å²) >= 11 is 0. The van der Waals surface area contributed by atoms with Gasteiger partial charge in [0.05, 0.1) is 0 Å². The van der Waals surface area contributed by atoms with Crippen molar-refractivity contribution in [2.45, 2.75) is 6.42 Å². The fourth-order valence-corrected chi connectivity index (χ4v) is 1.76. The van der Waals surface area contributed by atoms with Crippen molar-refractivity contribution >= 4 is 5.95 Å². The molecule has 0 radical (unpaired) electrons. The molecule has 100 valence electrons. The Bertz CT molecular complexity index is 527. The molecular weight excluding hydrogens is 243 g/mol. The number of anilines is 1. The van der Waals surface area contributed by atoms with Crippen LogP contribution in [0.25, 0.3) is 11.1 Å². The summed E-state index contributed by atoms with van der Waals surface area (Å²) in [6, 6.07) is 6.39. The van der Waals surface area contributed by atoms with Crippen molar-refractivity contribution in [3.63, 3.8) is 0 Å². The molecule has 2 aromatic rings. The van der Waals surface area contributed by atoms with Gasteiger partial charge in [-0.2, -0.15) is 0 Å². The van der Waals surface area contributed by atoms with E-state index in [2.05, 4.69) is 9.97 Å². The summed E-state index contributed by atoms with van der Waals surface area (Å²) < 4.78 is 13.1. The highest BCUT2D eigenvalue weighted by atomic mass is 19.1. The number of hydrogen-bond acceptors (Lipinski definition) is 4. The second-order valence-corrected chi connectivity index (χ2v) is 4.35. The van der Waals surface area contributed by atoms with E-state index in [1.807, 2.05) is 18.0 Å². The molecule has 0 unspecified atom stereocenters. The Morgan fingerprint density at radius 3 is 2.58 bits per heavy atom. The third kappa shape index (κ3) is 3.48. The predicted octanol–water partition coefficient (Wildman–Crippen LogP) is 2.07. The van der Waals surface area contributed by atoms with Gasteiger partial charge in [0, 0.05) is 31.5 Å². The fraction of sp³-hybridized carbons (Fsp3) is 0.286. The monoisotopic (exact) mass is 260 g/mol. The van der Waals surface area contributed by atoms with Gasteiger partial charge < -0.3 is 10.6 Å². The van der Waals surface area contributed by atoms with E-state index < -0.39 is 0 Å². The fourth-order valence-electron chi connectivity index (χ4n) is 1.76. The minimum Gasteiger partial charge on any atom is -0.344 e. The first-order valence-corrected chi connectivity index (χ1v) is 6.20. The smallest absolute Gasteiger partial charge is 0.225 e. The molecule has 0 aliphatic rings. The maximum Gasteiger partial charge on any atom is 0.225 e. The number of nitrogens with zero attached hydrogens (tertiary/aromatic N) is 3. The molecule has 5 heteroatoms. The van der Waals surface area contributed by atoms with E-state index in [9.17, 15) is 4.39 Å². The van der Waals surface area contributed by atoms with Gasteiger partial charge in [-0.1, -0.05) is 12.1 Å². The first-order chi connectivity index (χ1) is 9.20. The number of nitrogens with two attached hydrogens (primary N) is 1. The lowest BCUT2D eigenvalue weighted by molar-refractivity contribution is 0.628. The van der Waals surface area contributed by atoms with Crippen molar-refractivity contribution < 1.29 is 4.39 Å². The Kier molecular flexibility index (Phi) is 4.41. The quantitative estimate of drug-likeness (QED) is 0.894. The number of benzene rings is 1. The number of rotatable bonds is 5. The Morgan fingerprint density at radius 1 is 1.21 bits per heavy atom. The van der Waals surface area contributed by atoms with E-state index in [1.54, 1.807) is 18.5 Å². The van der Waals surface area contributed by atoms with Crippen LogP contribution in [0.2, 0.25) is 0 Å². The lowest BCUT2D eigenvalue weighted by atomic mass is 10.1. The van der Waals surface area contributed by atoms with Gasteiger partial charge in [0.15, 0.2) is 0 Å². The molecule has 0 atom stereocenters. The van der Waals surface area contributed by atoms with Gasteiger partial charge in [-0.05, 0) is 30.7 Å². The summed E-state index contributed by atoms with van der Waals surface area (Å²) in [5, 5.41) is 0. The van der Waals surface area contributed by atoms with Gasteiger partial charge in [0.25, 0.3) is 0 Å². The summed E-state index contributed by atoms with van der Waals surface area (Å²) in [5.41, 5.74) is 7.04. The van der Waals surface area contributed by atoms with Crippen LogP contribution in [0.5, 0.6) is 0 Å². The van der Waals surface area contributed by atoms with Crippen molar-refractivity contribution in [1.82, 2.24) is 9.97 Å². The van der Waals surface area contributed by atoms with Crippen molar-refractivity contribution in [3.05, 3.63) is 42.5 Å². The van der Waals surface area contributed by atoms with Crippen LogP contribution in [0.1, 0.15) is 6.42 Å². The van der Waals surface area contributed by atoms with Gasteiger partial charge in [0.1, 0.15) is 5.82 Å². The van der Waals surface area contributed by atoms with Gasteiger partial charge >= 0.3 is 0 Å². The van der Waals surface area contributed by atoms with Gasteiger partial charge in [-0.3, -0.25) is 0 Å². The van der Waals surface area contributed by atoms with Crippen molar-refractivity contribution in [2.24, 2.45) is 5.73 Å². The normalized spacial score (nSPS) is 10.5. The maximum absolute atomic E-state index is 13.1. The summed E-state index contributed by atoms with van der Waals surface area (Å²) in [4.78, 5) is 10.5. The molecule has 0 spiro atoms. The SMILES string of the molecule is CN(CCCN)c1ncc(-c2cccc(F)c2)cn1. The average Bonchev–Trinajstić information content (AvgIpc) is 2.45. The van der Waals surface area contributed by atoms with E-state index in [0.29, 0.717) is 12.5 Å². The molecule has 0 fully saturated rings. The second-order valence-electron chi connectivity index (χ2n) is 4.35. The Labute approximate surface area is 112 Å². The van der Waals surface area contributed by atoms with Crippen LogP contribution in [-0.2, 0) is 0 Å². The third-order valence-electron chi connectivity index (χ3n) is 2.84. The molecular formula is C14H17FN4. The summed E-state index contributed by atoms with van der Waals surface area (Å²) in [5.74, 6) is 0.384. The summed E-state index contributed by atoms with van der Waals surface area (Å²) in [7, 11) is 1.92. The van der Waals surface area contributed by atoms with Crippen molar-refractivity contribution in [3.8, 4) is 11.1 Å². The van der Waals surface area contributed by atoms with E-state index >= 15 is 0 Å². The minimum atomic E-state index is -0.262. The third-order valence-corrected chi connectivity index (χ3v) is 2.84. The first-order valence-electron chi connectivity index (χ1n) is 6.20.